The van der Waals surface area contributed by atoms with Crippen LogP contribution in [0, 0.1) is 0 Å². The number of hydrogen-bond donors (Lipinski definition) is 1. The first-order chi connectivity index (χ1) is 11.7. The molecule has 1 N–H and O–H groups in total. The van der Waals surface area contributed by atoms with E-state index in [0.29, 0.717) is 44.7 Å². The van der Waals surface area contributed by atoms with Crippen molar-refractivity contribution in [3.63, 3.8) is 0 Å². The van der Waals surface area contributed by atoms with Crippen LogP contribution in [-0.4, -0.2) is 60.0 Å². The quantitative estimate of drug-likeness (QED) is 0.211. The normalized spacial score (nSPS) is 12.4. The molecule has 0 fully saturated rings. The van der Waals surface area contributed by atoms with E-state index < -0.39 is 10.4 Å². The summed E-state index contributed by atoms with van der Waals surface area (Å²) in [5.41, 5.74) is 1.99. The van der Waals surface area contributed by atoms with Crippen LogP contribution in [0.2, 0.25) is 0 Å². The van der Waals surface area contributed by atoms with Crippen molar-refractivity contribution in [1.82, 2.24) is 5.01 Å². The molecule has 0 aliphatic rings. The SMILES string of the molecule is CN(C)N=Nc1ccc(/C=C(/OS(=O)(=O)O)c2cccc[c]2[Na])cc1. The van der Waals surface area contributed by atoms with E-state index in [1.807, 2.05) is 12.1 Å². The molecule has 0 saturated heterocycles. The van der Waals surface area contributed by atoms with Gasteiger partial charge in [-0.2, -0.15) is 0 Å². The summed E-state index contributed by atoms with van der Waals surface area (Å²) >= 11 is 0.700. The fraction of sp³-hybridized carbons (Fsp3) is 0.125. The molecule has 0 aliphatic heterocycles. The van der Waals surface area contributed by atoms with Crippen LogP contribution in [-0.2, 0) is 14.6 Å². The Bertz CT molecular complexity index is 894. The molecular formula is C16H16N3NaO4S. The van der Waals surface area contributed by atoms with Crippen LogP contribution < -0.4 is 2.81 Å². The predicted molar refractivity (Wildman–Crippen MR) is 97.0 cm³/mol. The second kappa shape index (κ2) is 8.59. The summed E-state index contributed by atoms with van der Waals surface area (Å²) in [4.78, 5) is 0. The van der Waals surface area contributed by atoms with E-state index in [2.05, 4.69) is 10.3 Å². The topological polar surface area (TPSA) is 91.6 Å². The van der Waals surface area contributed by atoms with E-state index in [0.717, 1.165) is 2.81 Å². The molecule has 7 nitrogen and oxygen atoms in total. The summed E-state index contributed by atoms with van der Waals surface area (Å²) in [5, 5.41) is 9.51. The van der Waals surface area contributed by atoms with Gasteiger partial charge in [0.1, 0.15) is 0 Å². The Morgan fingerprint density at radius 1 is 1.16 bits per heavy atom. The molecule has 126 valence electrons. The molecule has 2 rings (SSSR count). The zero-order chi connectivity index (χ0) is 18.4. The molecule has 0 bridgehead atoms. The fourth-order valence-corrected chi connectivity index (χ4v) is 3.01. The first-order valence-corrected chi connectivity index (χ1v) is 9.75. The van der Waals surface area contributed by atoms with Gasteiger partial charge in [-0.1, -0.05) is 0 Å². The average Bonchev–Trinajstić information content (AvgIpc) is 2.53. The van der Waals surface area contributed by atoms with Gasteiger partial charge in [-0.15, -0.1) is 0 Å². The number of rotatable bonds is 6. The van der Waals surface area contributed by atoms with Crippen molar-refractivity contribution in [2.24, 2.45) is 10.3 Å². The van der Waals surface area contributed by atoms with Crippen LogP contribution in [0.1, 0.15) is 11.1 Å². The van der Waals surface area contributed by atoms with Gasteiger partial charge in [0, 0.05) is 0 Å². The van der Waals surface area contributed by atoms with Gasteiger partial charge in [-0.25, -0.2) is 0 Å². The zero-order valence-electron chi connectivity index (χ0n) is 14.1. The maximum atomic E-state index is 11.2. The van der Waals surface area contributed by atoms with Crippen LogP contribution >= 0.6 is 0 Å². The molecule has 0 unspecified atom stereocenters. The number of hydrogen-bond acceptors (Lipinski definition) is 5. The fourth-order valence-electron chi connectivity index (χ4n) is 2.04. The van der Waals surface area contributed by atoms with E-state index in [-0.39, 0.29) is 5.76 Å². The molecule has 0 radical (unpaired) electrons. The first-order valence-electron chi connectivity index (χ1n) is 7.38. The standard InChI is InChI=1S/C16H16N3O4S.Na/c1-19(2)18-17-15-10-8-13(9-11-15)12-16(23-24(20,21)22)14-6-4-3-5-7-14;/h3-6,8-12H,1-2H3,(H,20,21,22);/b16-12+,18-17?;. The Morgan fingerprint density at radius 2 is 1.80 bits per heavy atom. The molecule has 0 heterocycles. The summed E-state index contributed by atoms with van der Waals surface area (Å²) in [6, 6.07) is 14.3. The molecular weight excluding hydrogens is 353 g/mol. The molecule has 0 atom stereocenters. The Hall–Kier alpha value is -1.71. The van der Waals surface area contributed by atoms with Crippen molar-refractivity contribution in [3.8, 4) is 0 Å². The summed E-state index contributed by atoms with van der Waals surface area (Å²) in [5.74, 6) is 0.0655. The summed E-state index contributed by atoms with van der Waals surface area (Å²) in [6.45, 7) is 0. The number of benzene rings is 2. The van der Waals surface area contributed by atoms with Crippen molar-refractivity contribution in [2.75, 3.05) is 14.1 Å². The molecule has 0 aromatic heterocycles. The Balaban J connectivity index is 2.39. The van der Waals surface area contributed by atoms with Crippen LogP contribution in [0.4, 0.5) is 5.69 Å². The third-order valence-electron chi connectivity index (χ3n) is 3.14. The summed E-state index contributed by atoms with van der Waals surface area (Å²) in [7, 11) is -1.09. The van der Waals surface area contributed by atoms with Crippen LogP contribution in [0.5, 0.6) is 0 Å². The Kier molecular flexibility index (Phi) is 6.74. The minimum atomic E-state index is -4.63. The molecule has 0 saturated carbocycles. The Labute approximate surface area is 164 Å². The van der Waals surface area contributed by atoms with Gasteiger partial charge in [0.15, 0.2) is 0 Å². The third-order valence-corrected chi connectivity index (χ3v) is 4.40. The maximum absolute atomic E-state index is 11.2. The van der Waals surface area contributed by atoms with E-state index in [1.165, 1.54) is 0 Å². The van der Waals surface area contributed by atoms with E-state index >= 15 is 0 Å². The van der Waals surface area contributed by atoms with Crippen LogP contribution in [0.15, 0.2) is 58.9 Å². The summed E-state index contributed by atoms with van der Waals surface area (Å²) in [6.07, 6.45) is 1.55. The molecule has 25 heavy (non-hydrogen) atoms. The van der Waals surface area contributed by atoms with E-state index in [4.69, 9.17) is 8.74 Å². The molecule has 0 aliphatic carbocycles. The number of nitrogens with zero attached hydrogens (tertiary/aromatic N) is 3. The van der Waals surface area contributed by atoms with Gasteiger partial charge >= 0.3 is 165 Å². The van der Waals surface area contributed by atoms with Crippen LogP contribution in [0.25, 0.3) is 11.8 Å². The van der Waals surface area contributed by atoms with Crippen molar-refractivity contribution in [1.29, 1.82) is 0 Å². The monoisotopic (exact) mass is 369 g/mol. The molecule has 0 spiro atoms. The molecule has 2 aromatic carbocycles. The molecule has 9 heteroatoms. The predicted octanol–water partition coefficient (Wildman–Crippen LogP) is 2.36. The van der Waals surface area contributed by atoms with E-state index in [1.54, 1.807) is 61.6 Å². The van der Waals surface area contributed by atoms with Crippen molar-refractivity contribution < 1.29 is 17.2 Å². The van der Waals surface area contributed by atoms with Gasteiger partial charge in [-0.05, 0) is 0 Å². The third kappa shape index (κ3) is 6.60. The second-order valence-electron chi connectivity index (χ2n) is 5.46. The second-order valence-corrected chi connectivity index (χ2v) is 7.56. The van der Waals surface area contributed by atoms with Gasteiger partial charge in [0.25, 0.3) is 0 Å². The van der Waals surface area contributed by atoms with Crippen molar-refractivity contribution >= 4 is 58.7 Å². The first kappa shape index (κ1) is 19.6. The minimum absolute atomic E-state index is 0.0655. The average molecular weight is 369 g/mol. The van der Waals surface area contributed by atoms with Gasteiger partial charge in [-0.3, -0.25) is 0 Å². The zero-order valence-corrected chi connectivity index (χ0v) is 16.9. The molecule has 2 aromatic rings. The van der Waals surface area contributed by atoms with E-state index in [9.17, 15) is 8.42 Å². The van der Waals surface area contributed by atoms with Crippen molar-refractivity contribution in [2.45, 2.75) is 0 Å². The van der Waals surface area contributed by atoms with Gasteiger partial charge in [0.2, 0.25) is 0 Å². The van der Waals surface area contributed by atoms with Gasteiger partial charge < -0.3 is 0 Å². The van der Waals surface area contributed by atoms with Crippen molar-refractivity contribution in [3.05, 3.63) is 59.7 Å². The summed E-state index contributed by atoms with van der Waals surface area (Å²) < 4.78 is 37.2. The Morgan fingerprint density at radius 3 is 2.36 bits per heavy atom. The molecule has 0 amide bonds. The van der Waals surface area contributed by atoms with Gasteiger partial charge in [0.05, 0.1) is 0 Å². The van der Waals surface area contributed by atoms with Crippen LogP contribution in [0.3, 0.4) is 0 Å².